The summed E-state index contributed by atoms with van der Waals surface area (Å²) in [7, 11) is 0. The van der Waals surface area contributed by atoms with Crippen LogP contribution in [-0.4, -0.2) is 11.7 Å². The van der Waals surface area contributed by atoms with Crippen LogP contribution in [0.1, 0.15) is 5.56 Å². The van der Waals surface area contributed by atoms with Crippen molar-refractivity contribution in [2.24, 2.45) is 0 Å². The highest BCUT2D eigenvalue weighted by atomic mass is 16.5. The standard InChI is InChI=1S/C27H23N3O2/c1-21-13-14-28-27(17-21)32-26-12-6-11-25(19-26)31-24-10-5-9-23(18-24)30-16-15-29(20-30)22-7-3-2-4-8-22/h2-19H,20H2,1H3. The van der Waals surface area contributed by atoms with Gasteiger partial charge in [0.25, 0.3) is 0 Å². The molecule has 32 heavy (non-hydrogen) atoms. The second kappa shape index (κ2) is 8.86. The van der Waals surface area contributed by atoms with Crippen molar-refractivity contribution in [3.05, 3.63) is 115 Å². The van der Waals surface area contributed by atoms with E-state index in [0.29, 0.717) is 17.4 Å². The van der Waals surface area contributed by atoms with Gasteiger partial charge in [0, 0.05) is 48.2 Å². The van der Waals surface area contributed by atoms with Gasteiger partial charge in [0.05, 0.1) is 6.67 Å². The Morgan fingerprint density at radius 3 is 2.09 bits per heavy atom. The Labute approximate surface area is 187 Å². The lowest BCUT2D eigenvalue weighted by Crippen LogP contribution is -2.24. The van der Waals surface area contributed by atoms with E-state index in [9.17, 15) is 0 Å². The molecule has 3 aromatic carbocycles. The lowest BCUT2D eigenvalue weighted by Gasteiger charge is -2.22. The molecule has 0 aliphatic carbocycles. The number of pyridine rings is 1. The van der Waals surface area contributed by atoms with Gasteiger partial charge in [0.15, 0.2) is 0 Å². The Hall–Kier alpha value is -4.25. The summed E-state index contributed by atoms with van der Waals surface area (Å²) in [5, 5.41) is 0. The predicted octanol–water partition coefficient (Wildman–Crippen LogP) is 6.73. The first kappa shape index (κ1) is 19.7. The summed E-state index contributed by atoms with van der Waals surface area (Å²) >= 11 is 0. The number of aryl methyl sites for hydroxylation is 1. The van der Waals surface area contributed by atoms with Crippen molar-refractivity contribution < 1.29 is 9.47 Å². The minimum Gasteiger partial charge on any atom is -0.457 e. The van der Waals surface area contributed by atoms with Crippen LogP contribution in [0.15, 0.2) is 110 Å². The van der Waals surface area contributed by atoms with E-state index in [0.717, 1.165) is 23.7 Å². The monoisotopic (exact) mass is 421 g/mol. The zero-order valence-corrected chi connectivity index (χ0v) is 17.8. The van der Waals surface area contributed by atoms with Crippen molar-refractivity contribution in [2.75, 3.05) is 16.5 Å². The molecule has 158 valence electrons. The Balaban J connectivity index is 1.28. The van der Waals surface area contributed by atoms with Crippen molar-refractivity contribution >= 4 is 11.4 Å². The van der Waals surface area contributed by atoms with Crippen LogP contribution in [0.3, 0.4) is 0 Å². The lowest BCUT2D eigenvalue weighted by molar-refractivity contribution is 0.449. The average Bonchev–Trinajstić information content (AvgIpc) is 3.31. The zero-order valence-electron chi connectivity index (χ0n) is 17.8. The van der Waals surface area contributed by atoms with Crippen LogP contribution < -0.4 is 19.3 Å². The highest BCUT2D eigenvalue weighted by Gasteiger charge is 2.15. The summed E-state index contributed by atoms with van der Waals surface area (Å²) in [5.41, 5.74) is 3.33. The topological polar surface area (TPSA) is 37.8 Å². The van der Waals surface area contributed by atoms with Gasteiger partial charge in [-0.3, -0.25) is 0 Å². The fraction of sp³-hybridized carbons (Fsp3) is 0.0741. The van der Waals surface area contributed by atoms with Gasteiger partial charge in [-0.05, 0) is 55.0 Å². The predicted molar refractivity (Wildman–Crippen MR) is 127 cm³/mol. The van der Waals surface area contributed by atoms with Crippen LogP contribution in [0, 0.1) is 6.92 Å². The molecule has 0 unspecified atom stereocenters. The molecule has 0 fully saturated rings. The van der Waals surface area contributed by atoms with E-state index < -0.39 is 0 Å². The van der Waals surface area contributed by atoms with Gasteiger partial charge in [-0.2, -0.15) is 0 Å². The normalized spacial score (nSPS) is 12.8. The third-order valence-corrected chi connectivity index (χ3v) is 5.12. The van der Waals surface area contributed by atoms with Crippen LogP contribution in [-0.2, 0) is 0 Å². The maximum Gasteiger partial charge on any atom is 0.219 e. The molecular weight excluding hydrogens is 398 g/mol. The molecule has 0 radical (unpaired) electrons. The number of benzene rings is 3. The molecule has 0 atom stereocenters. The molecule has 0 saturated carbocycles. The van der Waals surface area contributed by atoms with E-state index in [2.05, 4.69) is 45.4 Å². The third kappa shape index (κ3) is 4.57. The third-order valence-electron chi connectivity index (χ3n) is 5.12. The summed E-state index contributed by atoms with van der Waals surface area (Å²) in [6.07, 6.45) is 5.90. The second-order valence-electron chi connectivity index (χ2n) is 7.56. The number of ether oxygens (including phenoxy) is 2. The fourth-order valence-electron chi connectivity index (χ4n) is 3.52. The molecule has 1 aliphatic heterocycles. The average molecular weight is 422 g/mol. The molecule has 4 aromatic rings. The second-order valence-corrected chi connectivity index (χ2v) is 7.56. The minimum absolute atomic E-state index is 0.563. The smallest absolute Gasteiger partial charge is 0.219 e. The molecule has 5 heteroatoms. The van der Waals surface area contributed by atoms with Gasteiger partial charge >= 0.3 is 0 Å². The molecular formula is C27H23N3O2. The first-order valence-electron chi connectivity index (χ1n) is 10.5. The Morgan fingerprint density at radius 2 is 1.31 bits per heavy atom. The summed E-state index contributed by atoms with van der Waals surface area (Å²) in [4.78, 5) is 8.64. The van der Waals surface area contributed by atoms with Crippen LogP contribution in [0.25, 0.3) is 0 Å². The van der Waals surface area contributed by atoms with Gasteiger partial charge in [-0.1, -0.05) is 30.3 Å². The Kier molecular flexibility index (Phi) is 5.45. The van der Waals surface area contributed by atoms with Crippen molar-refractivity contribution in [1.82, 2.24) is 4.98 Å². The van der Waals surface area contributed by atoms with E-state index in [1.54, 1.807) is 6.20 Å². The van der Waals surface area contributed by atoms with Gasteiger partial charge < -0.3 is 19.3 Å². The molecule has 5 nitrogen and oxygen atoms in total. The Morgan fingerprint density at radius 1 is 0.656 bits per heavy atom. The molecule has 0 spiro atoms. The van der Waals surface area contributed by atoms with Crippen LogP contribution >= 0.6 is 0 Å². The first-order chi connectivity index (χ1) is 15.7. The molecule has 1 aromatic heterocycles. The molecule has 0 bridgehead atoms. The Bertz CT molecular complexity index is 1240. The maximum atomic E-state index is 6.13. The number of hydrogen-bond acceptors (Lipinski definition) is 5. The molecule has 2 heterocycles. The maximum absolute atomic E-state index is 6.13. The highest BCUT2D eigenvalue weighted by molar-refractivity contribution is 5.60. The number of hydrogen-bond donors (Lipinski definition) is 0. The van der Waals surface area contributed by atoms with Gasteiger partial charge in [0.1, 0.15) is 17.2 Å². The van der Waals surface area contributed by atoms with E-state index in [4.69, 9.17) is 9.47 Å². The van der Waals surface area contributed by atoms with Crippen molar-refractivity contribution in [3.8, 4) is 23.1 Å². The lowest BCUT2D eigenvalue weighted by atomic mass is 10.2. The molecule has 5 rings (SSSR count). The zero-order chi connectivity index (χ0) is 21.8. The fourth-order valence-corrected chi connectivity index (χ4v) is 3.52. The minimum atomic E-state index is 0.563. The van der Waals surface area contributed by atoms with E-state index in [1.165, 1.54) is 5.69 Å². The molecule has 0 amide bonds. The number of aromatic nitrogens is 1. The van der Waals surface area contributed by atoms with Gasteiger partial charge in [0.2, 0.25) is 5.88 Å². The van der Waals surface area contributed by atoms with Crippen LogP contribution in [0.4, 0.5) is 11.4 Å². The van der Waals surface area contributed by atoms with Crippen molar-refractivity contribution in [1.29, 1.82) is 0 Å². The summed E-state index contributed by atoms with van der Waals surface area (Å²) in [5.74, 6) is 2.71. The molecule has 0 N–H and O–H groups in total. The largest absolute Gasteiger partial charge is 0.457 e. The number of nitrogens with zero attached hydrogens (tertiary/aromatic N) is 3. The van der Waals surface area contributed by atoms with Gasteiger partial charge in [-0.25, -0.2) is 4.98 Å². The summed E-state index contributed by atoms with van der Waals surface area (Å²) in [6, 6.07) is 29.8. The SMILES string of the molecule is Cc1ccnc(Oc2cccc(Oc3cccc(N4C=CN(c5ccccc5)C4)c3)c2)c1. The molecule has 0 saturated heterocycles. The van der Waals surface area contributed by atoms with Crippen molar-refractivity contribution in [2.45, 2.75) is 6.92 Å². The van der Waals surface area contributed by atoms with E-state index >= 15 is 0 Å². The highest BCUT2D eigenvalue weighted by Crippen LogP contribution is 2.31. The van der Waals surface area contributed by atoms with E-state index in [-0.39, 0.29) is 0 Å². The first-order valence-corrected chi connectivity index (χ1v) is 10.5. The number of anilines is 2. The summed E-state index contributed by atoms with van der Waals surface area (Å²) < 4.78 is 12.0. The molecule has 1 aliphatic rings. The number of rotatable bonds is 6. The quantitative estimate of drug-likeness (QED) is 0.345. The number of para-hydroxylation sites is 1. The summed E-state index contributed by atoms with van der Waals surface area (Å²) in [6.45, 7) is 2.76. The van der Waals surface area contributed by atoms with Crippen LogP contribution in [0.2, 0.25) is 0 Å². The van der Waals surface area contributed by atoms with Gasteiger partial charge in [-0.15, -0.1) is 0 Å². The van der Waals surface area contributed by atoms with Crippen LogP contribution in [0.5, 0.6) is 23.1 Å². The van der Waals surface area contributed by atoms with Crippen molar-refractivity contribution in [3.63, 3.8) is 0 Å². The van der Waals surface area contributed by atoms with E-state index in [1.807, 2.05) is 79.7 Å².